The maximum atomic E-state index is 11.8. The summed E-state index contributed by atoms with van der Waals surface area (Å²) in [6.07, 6.45) is 0.852. The van der Waals surface area contributed by atoms with Gasteiger partial charge in [-0.3, -0.25) is 0 Å². The van der Waals surface area contributed by atoms with Crippen molar-refractivity contribution in [1.82, 2.24) is 4.98 Å². The number of carbonyl (C=O) groups is 1. The number of ether oxygens (including phenoxy) is 2. The van der Waals surface area contributed by atoms with Gasteiger partial charge in [-0.15, -0.1) is 11.3 Å². The minimum atomic E-state index is -0.357. The Hall–Kier alpha value is -1.18. The fraction of sp³-hybridized carbons (Fsp3) is 0.692. The number of nitrogens with zero attached hydrogens (tertiary/aromatic N) is 2. The van der Waals surface area contributed by atoms with E-state index in [1.807, 2.05) is 6.92 Å². The first-order chi connectivity index (χ1) is 9.56. The Labute approximate surface area is 122 Å². The molecule has 2 N–H and O–H groups in total. The van der Waals surface area contributed by atoms with Crippen molar-refractivity contribution >= 4 is 22.4 Å². The van der Waals surface area contributed by atoms with E-state index in [2.05, 4.69) is 9.88 Å². The summed E-state index contributed by atoms with van der Waals surface area (Å²) in [5.74, 6) is -0.357. The van der Waals surface area contributed by atoms with E-state index in [1.54, 1.807) is 14.0 Å². The van der Waals surface area contributed by atoms with Gasteiger partial charge >= 0.3 is 5.97 Å². The lowest BCUT2D eigenvalue weighted by Crippen LogP contribution is -2.51. The van der Waals surface area contributed by atoms with E-state index in [-0.39, 0.29) is 18.1 Å². The second-order valence-electron chi connectivity index (χ2n) is 4.79. The molecule has 1 fully saturated rings. The van der Waals surface area contributed by atoms with Crippen molar-refractivity contribution in [2.24, 2.45) is 5.73 Å². The van der Waals surface area contributed by atoms with Gasteiger partial charge in [-0.2, -0.15) is 0 Å². The Morgan fingerprint density at radius 1 is 1.60 bits per heavy atom. The van der Waals surface area contributed by atoms with E-state index >= 15 is 0 Å². The number of rotatable bonds is 4. The zero-order valence-corrected chi connectivity index (χ0v) is 12.9. The van der Waals surface area contributed by atoms with Gasteiger partial charge in [-0.25, -0.2) is 9.78 Å². The van der Waals surface area contributed by atoms with Crippen molar-refractivity contribution in [3.8, 4) is 0 Å². The number of thiazole rings is 1. The highest BCUT2D eigenvalue weighted by atomic mass is 32.1. The highest BCUT2D eigenvalue weighted by Gasteiger charge is 2.29. The summed E-state index contributed by atoms with van der Waals surface area (Å²) in [6.45, 7) is 5.56. The second kappa shape index (κ2) is 6.51. The Morgan fingerprint density at radius 2 is 2.35 bits per heavy atom. The van der Waals surface area contributed by atoms with Gasteiger partial charge in [0.15, 0.2) is 10.8 Å². The highest BCUT2D eigenvalue weighted by Crippen LogP contribution is 2.28. The number of hydrogen-bond donors (Lipinski definition) is 1. The van der Waals surface area contributed by atoms with Crippen LogP contribution in [0.1, 0.15) is 28.7 Å². The van der Waals surface area contributed by atoms with Crippen LogP contribution in [0.25, 0.3) is 0 Å². The first kappa shape index (κ1) is 15.2. The molecule has 1 saturated heterocycles. The minimum Gasteiger partial charge on any atom is -0.461 e. The maximum absolute atomic E-state index is 11.8. The Kier molecular flexibility index (Phi) is 4.95. The van der Waals surface area contributed by atoms with Crippen LogP contribution in [0.2, 0.25) is 0 Å². The molecule has 1 aliphatic heterocycles. The van der Waals surface area contributed by atoms with Crippen molar-refractivity contribution < 1.29 is 14.3 Å². The first-order valence-electron chi connectivity index (χ1n) is 6.74. The van der Waals surface area contributed by atoms with Gasteiger partial charge in [0.25, 0.3) is 0 Å². The molecule has 0 bridgehead atoms. The number of carbonyl (C=O) groups excluding carboxylic acids is 1. The Morgan fingerprint density at radius 3 is 3.00 bits per heavy atom. The largest absolute Gasteiger partial charge is 0.461 e. The number of methoxy groups -OCH3 is 1. The lowest BCUT2D eigenvalue weighted by atomic mass is 10.0. The number of aryl methyl sites for hydroxylation is 1. The molecule has 0 radical (unpaired) electrons. The zero-order valence-electron chi connectivity index (χ0n) is 12.1. The van der Waals surface area contributed by atoms with Gasteiger partial charge in [0, 0.05) is 31.1 Å². The molecule has 7 heteroatoms. The average molecular weight is 299 g/mol. The molecule has 1 aromatic heterocycles. The molecule has 0 aromatic carbocycles. The standard InChI is InChI=1S/C13H21N3O3S/c1-4-19-12(17)11-8(2)20-13(15-11)16-6-5-9(14)10(7-16)18-3/h9-10H,4-7,14H2,1-3H3. The van der Waals surface area contributed by atoms with Gasteiger partial charge < -0.3 is 20.1 Å². The summed E-state index contributed by atoms with van der Waals surface area (Å²) in [5, 5.41) is 0.833. The number of piperidine rings is 1. The van der Waals surface area contributed by atoms with Crippen LogP contribution in [0, 0.1) is 6.92 Å². The lowest BCUT2D eigenvalue weighted by Gasteiger charge is -2.35. The number of esters is 1. The lowest BCUT2D eigenvalue weighted by molar-refractivity contribution is 0.0519. The van der Waals surface area contributed by atoms with E-state index in [9.17, 15) is 4.79 Å². The van der Waals surface area contributed by atoms with Gasteiger partial charge in [-0.1, -0.05) is 0 Å². The van der Waals surface area contributed by atoms with Gasteiger partial charge in [0.1, 0.15) is 0 Å². The van der Waals surface area contributed by atoms with Gasteiger partial charge in [0.05, 0.1) is 12.7 Å². The summed E-state index contributed by atoms with van der Waals surface area (Å²) in [6, 6.07) is 0.0573. The van der Waals surface area contributed by atoms with Crippen LogP contribution < -0.4 is 10.6 Å². The molecule has 6 nitrogen and oxygen atoms in total. The predicted molar refractivity (Wildman–Crippen MR) is 78.4 cm³/mol. The monoisotopic (exact) mass is 299 g/mol. The second-order valence-corrected chi connectivity index (χ2v) is 5.98. The van der Waals surface area contributed by atoms with Crippen LogP contribution >= 0.6 is 11.3 Å². The van der Waals surface area contributed by atoms with Crippen molar-refractivity contribution in [3.05, 3.63) is 10.6 Å². The summed E-state index contributed by atoms with van der Waals surface area (Å²) in [5.41, 5.74) is 6.42. The van der Waals surface area contributed by atoms with Crippen LogP contribution in [-0.2, 0) is 9.47 Å². The third-order valence-electron chi connectivity index (χ3n) is 3.44. The maximum Gasteiger partial charge on any atom is 0.358 e. The molecule has 1 aliphatic rings. The molecule has 0 spiro atoms. The molecule has 2 unspecified atom stereocenters. The van der Waals surface area contributed by atoms with Crippen molar-refractivity contribution in [3.63, 3.8) is 0 Å². The summed E-state index contributed by atoms with van der Waals surface area (Å²) in [4.78, 5) is 19.2. The summed E-state index contributed by atoms with van der Waals surface area (Å²) < 4.78 is 10.4. The van der Waals surface area contributed by atoms with E-state index < -0.39 is 0 Å². The summed E-state index contributed by atoms with van der Waals surface area (Å²) in [7, 11) is 1.67. The molecule has 0 aliphatic carbocycles. The molecule has 112 valence electrons. The highest BCUT2D eigenvalue weighted by molar-refractivity contribution is 7.15. The molecular weight excluding hydrogens is 278 g/mol. The van der Waals surface area contributed by atoms with Gasteiger partial charge in [-0.05, 0) is 20.3 Å². The SMILES string of the molecule is CCOC(=O)c1nc(N2CCC(N)C(OC)C2)sc1C. The number of nitrogens with two attached hydrogens (primary N) is 1. The van der Waals surface area contributed by atoms with Crippen LogP contribution in [-0.4, -0.2) is 49.9 Å². The smallest absolute Gasteiger partial charge is 0.358 e. The normalized spacial score (nSPS) is 22.9. The molecule has 2 heterocycles. The first-order valence-corrected chi connectivity index (χ1v) is 7.56. The molecule has 2 atom stereocenters. The molecule has 2 rings (SSSR count). The molecule has 1 aromatic rings. The molecule has 0 saturated carbocycles. The molecule has 0 amide bonds. The summed E-state index contributed by atoms with van der Waals surface area (Å²) >= 11 is 1.51. The number of anilines is 1. The van der Waals surface area contributed by atoms with E-state index in [4.69, 9.17) is 15.2 Å². The average Bonchev–Trinajstić information content (AvgIpc) is 2.82. The minimum absolute atomic E-state index is 0.000926. The van der Waals surface area contributed by atoms with Crippen molar-refractivity contribution in [1.29, 1.82) is 0 Å². The zero-order chi connectivity index (χ0) is 14.7. The predicted octanol–water partition coefficient (Wildman–Crippen LogP) is 1.18. The van der Waals surface area contributed by atoms with Crippen LogP contribution in [0.15, 0.2) is 0 Å². The molecular formula is C13H21N3O3S. The Bertz CT molecular complexity index is 477. The van der Waals surface area contributed by atoms with Crippen LogP contribution in [0.4, 0.5) is 5.13 Å². The van der Waals surface area contributed by atoms with Crippen molar-refractivity contribution in [2.45, 2.75) is 32.4 Å². The third kappa shape index (κ3) is 3.11. The molecule has 20 heavy (non-hydrogen) atoms. The Balaban J connectivity index is 2.13. The fourth-order valence-electron chi connectivity index (χ4n) is 2.26. The van der Waals surface area contributed by atoms with Gasteiger partial charge in [0.2, 0.25) is 0 Å². The topological polar surface area (TPSA) is 77.7 Å². The van der Waals surface area contributed by atoms with Crippen LogP contribution in [0.5, 0.6) is 0 Å². The fourth-order valence-corrected chi connectivity index (χ4v) is 3.20. The van der Waals surface area contributed by atoms with Crippen LogP contribution in [0.3, 0.4) is 0 Å². The van der Waals surface area contributed by atoms with E-state index in [0.29, 0.717) is 18.8 Å². The van der Waals surface area contributed by atoms with E-state index in [1.165, 1.54) is 11.3 Å². The van der Waals surface area contributed by atoms with Crippen molar-refractivity contribution in [2.75, 3.05) is 31.7 Å². The number of aromatic nitrogens is 1. The third-order valence-corrected chi connectivity index (χ3v) is 4.47. The number of hydrogen-bond acceptors (Lipinski definition) is 7. The van der Waals surface area contributed by atoms with E-state index in [0.717, 1.165) is 23.0 Å². The quantitative estimate of drug-likeness (QED) is 0.841.